The van der Waals surface area contributed by atoms with Crippen LogP contribution in [-0.2, 0) is 6.54 Å². The Hall–Kier alpha value is -2.27. The molecule has 1 rings (SSSR count). The minimum Gasteiger partial charge on any atom is -0.321 e. The van der Waals surface area contributed by atoms with Crippen LogP contribution in [0.3, 0.4) is 0 Å². The van der Waals surface area contributed by atoms with Crippen LogP contribution in [0.5, 0.6) is 0 Å². The fourth-order valence-corrected chi connectivity index (χ4v) is 3.60. The van der Waals surface area contributed by atoms with Gasteiger partial charge in [-0.25, -0.2) is 0 Å². The van der Waals surface area contributed by atoms with Gasteiger partial charge >= 0.3 is 0 Å². The van der Waals surface area contributed by atoms with Crippen LogP contribution in [0.2, 0.25) is 0 Å². The van der Waals surface area contributed by atoms with Gasteiger partial charge in [-0.1, -0.05) is 76.5 Å². The maximum absolute atomic E-state index is 13.1. The number of hydrogen-bond donors (Lipinski definition) is 2. The van der Waals surface area contributed by atoms with E-state index < -0.39 is 0 Å². The molecule has 0 atom stereocenters. The smallest absolute Gasteiger partial charge is 0.259 e. The summed E-state index contributed by atoms with van der Waals surface area (Å²) in [6.07, 6.45) is 17.8. The minimum atomic E-state index is -0.213. The van der Waals surface area contributed by atoms with E-state index in [1.807, 2.05) is 13.0 Å². The SMILES string of the molecule is C=C/C=C\c1c(C(=O)NC(/C=C(\C)C(CCCC)CCCC)=C(\S)C=C)cnn1CC. The van der Waals surface area contributed by atoms with Crippen molar-refractivity contribution >= 4 is 24.6 Å². The second-order valence-electron chi connectivity index (χ2n) is 7.68. The van der Waals surface area contributed by atoms with E-state index in [2.05, 4.69) is 63.0 Å². The summed E-state index contributed by atoms with van der Waals surface area (Å²) in [5.41, 5.74) is 3.20. The number of unbranched alkanes of at least 4 members (excludes halogenated alkanes) is 2. The Bertz CT molecular complexity index is 822. The van der Waals surface area contributed by atoms with Crippen LogP contribution in [0.15, 0.2) is 59.8 Å². The first kappa shape index (κ1) is 26.8. The number of amides is 1. The molecule has 1 aromatic heterocycles. The Balaban J connectivity index is 3.22. The molecule has 0 unspecified atom stereocenters. The first-order valence-corrected chi connectivity index (χ1v) is 11.8. The van der Waals surface area contributed by atoms with Gasteiger partial charge in [0.1, 0.15) is 0 Å². The highest BCUT2D eigenvalue weighted by Gasteiger charge is 2.17. The summed E-state index contributed by atoms with van der Waals surface area (Å²) >= 11 is 4.56. The molecule has 0 aliphatic carbocycles. The number of carbonyl (C=O) groups excluding carboxylic acids is 1. The summed E-state index contributed by atoms with van der Waals surface area (Å²) < 4.78 is 1.79. The lowest BCUT2D eigenvalue weighted by Crippen LogP contribution is -2.23. The van der Waals surface area contributed by atoms with Gasteiger partial charge < -0.3 is 5.32 Å². The van der Waals surface area contributed by atoms with Crippen LogP contribution in [0.4, 0.5) is 0 Å². The first-order chi connectivity index (χ1) is 14.9. The number of aryl methyl sites for hydroxylation is 1. The zero-order valence-electron chi connectivity index (χ0n) is 19.7. The van der Waals surface area contributed by atoms with Gasteiger partial charge in [-0.3, -0.25) is 9.48 Å². The van der Waals surface area contributed by atoms with E-state index in [0.29, 0.717) is 28.6 Å². The summed E-state index contributed by atoms with van der Waals surface area (Å²) in [5.74, 6) is 0.293. The molecule has 31 heavy (non-hydrogen) atoms. The first-order valence-electron chi connectivity index (χ1n) is 11.3. The van der Waals surface area contributed by atoms with Crippen LogP contribution < -0.4 is 5.32 Å². The lowest BCUT2D eigenvalue weighted by molar-refractivity contribution is 0.0966. The molecule has 0 saturated carbocycles. The number of thiol groups is 1. The van der Waals surface area contributed by atoms with Crippen molar-refractivity contribution < 1.29 is 4.79 Å². The zero-order chi connectivity index (χ0) is 23.2. The largest absolute Gasteiger partial charge is 0.321 e. The molecule has 0 aliphatic rings. The average Bonchev–Trinajstić information content (AvgIpc) is 3.19. The Morgan fingerprint density at radius 2 is 1.87 bits per heavy atom. The van der Waals surface area contributed by atoms with E-state index in [1.165, 1.54) is 31.3 Å². The quantitative estimate of drug-likeness (QED) is 0.239. The van der Waals surface area contributed by atoms with Crippen LogP contribution in [-0.4, -0.2) is 15.7 Å². The molecule has 0 fully saturated rings. The summed E-state index contributed by atoms with van der Waals surface area (Å²) in [4.78, 5) is 13.8. The molecule has 170 valence electrons. The van der Waals surface area contributed by atoms with Gasteiger partial charge in [-0.15, -0.1) is 12.6 Å². The molecule has 0 aromatic carbocycles. The monoisotopic (exact) mass is 441 g/mol. The maximum Gasteiger partial charge on any atom is 0.259 e. The van der Waals surface area contributed by atoms with Crippen LogP contribution >= 0.6 is 12.6 Å². The van der Waals surface area contributed by atoms with Crippen LogP contribution in [0.25, 0.3) is 6.08 Å². The fraction of sp³-hybridized carbons (Fsp3) is 0.462. The molecule has 1 heterocycles. The van der Waals surface area contributed by atoms with E-state index in [0.717, 1.165) is 18.5 Å². The number of hydrogen-bond acceptors (Lipinski definition) is 3. The lowest BCUT2D eigenvalue weighted by Gasteiger charge is -2.19. The third-order valence-electron chi connectivity index (χ3n) is 5.36. The molecule has 1 aromatic rings. The summed E-state index contributed by atoms with van der Waals surface area (Å²) in [6.45, 7) is 16.8. The Morgan fingerprint density at radius 1 is 1.23 bits per heavy atom. The highest BCUT2D eigenvalue weighted by atomic mass is 32.1. The van der Waals surface area contributed by atoms with Gasteiger partial charge in [0.2, 0.25) is 0 Å². The van der Waals surface area contributed by atoms with E-state index >= 15 is 0 Å². The number of nitrogens with one attached hydrogen (secondary N) is 1. The van der Waals surface area contributed by atoms with Crippen molar-refractivity contribution in [1.82, 2.24) is 15.1 Å². The average molecular weight is 442 g/mol. The predicted octanol–water partition coefficient (Wildman–Crippen LogP) is 7.10. The van der Waals surface area contributed by atoms with Crippen LogP contribution in [0, 0.1) is 5.92 Å². The number of aromatic nitrogens is 2. The van der Waals surface area contributed by atoms with E-state index in [1.54, 1.807) is 29.1 Å². The van der Waals surface area contributed by atoms with Gasteiger partial charge in [0.25, 0.3) is 5.91 Å². The third kappa shape index (κ3) is 8.41. The molecule has 1 amide bonds. The second-order valence-corrected chi connectivity index (χ2v) is 8.16. The van der Waals surface area contributed by atoms with Crippen molar-refractivity contribution in [2.75, 3.05) is 0 Å². The molecule has 4 nitrogen and oxygen atoms in total. The second kappa shape index (κ2) is 14.7. The number of rotatable bonds is 14. The highest BCUT2D eigenvalue weighted by molar-refractivity contribution is 7.84. The Kier molecular flexibility index (Phi) is 12.7. The van der Waals surface area contributed by atoms with Gasteiger partial charge in [0.15, 0.2) is 0 Å². The molecule has 0 radical (unpaired) electrons. The standard InChI is InChI=1S/C26H39N3OS/c1-7-12-15-21(16-13-8-2)20(6)18-23(25(31)10-4)28-26(30)22-19-27-29(11-5)24(22)17-14-9-3/h9-10,14,17-19,21,31H,3-4,7-8,11-13,15-16H2,1-2,5-6H3,(H,28,30)/b17-14-,20-18+,25-23-. The zero-order valence-corrected chi connectivity index (χ0v) is 20.5. The van der Waals surface area contributed by atoms with Gasteiger partial charge in [-0.2, -0.15) is 5.10 Å². The topological polar surface area (TPSA) is 46.9 Å². The molecular formula is C26H39N3OS. The lowest BCUT2D eigenvalue weighted by atomic mass is 9.89. The molecular weight excluding hydrogens is 402 g/mol. The molecule has 0 bridgehead atoms. The van der Waals surface area contributed by atoms with Crippen LogP contribution in [0.1, 0.15) is 82.3 Å². The van der Waals surface area contributed by atoms with Gasteiger partial charge in [0.05, 0.1) is 23.2 Å². The van der Waals surface area contributed by atoms with E-state index in [-0.39, 0.29) is 5.91 Å². The molecule has 1 N–H and O–H groups in total. The van der Waals surface area contributed by atoms with E-state index in [9.17, 15) is 4.79 Å². The van der Waals surface area contributed by atoms with Gasteiger partial charge in [-0.05, 0) is 44.8 Å². The number of carbonyl (C=O) groups is 1. The molecule has 0 saturated heterocycles. The fourth-order valence-electron chi connectivity index (χ4n) is 3.48. The van der Waals surface area contributed by atoms with Crippen molar-refractivity contribution in [1.29, 1.82) is 0 Å². The van der Waals surface area contributed by atoms with Crippen molar-refractivity contribution in [2.45, 2.75) is 72.8 Å². The van der Waals surface area contributed by atoms with E-state index in [4.69, 9.17) is 0 Å². The van der Waals surface area contributed by atoms with Gasteiger partial charge in [0, 0.05) is 11.4 Å². The predicted molar refractivity (Wildman–Crippen MR) is 137 cm³/mol. The van der Waals surface area contributed by atoms with Crippen molar-refractivity contribution in [2.24, 2.45) is 5.92 Å². The third-order valence-corrected chi connectivity index (χ3v) is 5.78. The summed E-state index contributed by atoms with van der Waals surface area (Å²) in [7, 11) is 0. The summed E-state index contributed by atoms with van der Waals surface area (Å²) in [6, 6.07) is 0. The Morgan fingerprint density at radius 3 is 2.39 bits per heavy atom. The normalized spacial score (nSPS) is 12.9. The molecule has 5 heteroatoms. The summed E-state index contributed by atoms with van der Waals surface area (Å²) in [5, 5.41) is 7.38. The van der Waals surface area contributed by atoms with Crippen molar-refractivity contribution in [3.05, 3.63) is 71.1 Å². The Labute approximate surface area is 194 Å². The highest BCUT2D eigenvalue weighted by Crippen LogP contribution is 2.26. The molecule has 0 aliphatic heterocycles. The van der Waals surface area contributed by atoms with Crippen molar-refractivity contribution in [3.8, 4) is 0 Å². The number of allylic oxidation sites excluding steroid dienone is 5. The maximum atomic E-state index is 13.1. The molecule has 0 spiro atoms. The minimum absolute atomic E-state index is 0.213. The number of nitrogens with zero attached hydrogens (tertiary/aromatic N) is 2. The van der Waals surface area contributed by atoms with Crippen molar-refractivity contribution in [3.63, 3.8) is 0 Å².